The SMILES string of the molecule is COc1ccc2c(c1)c(CCNC(C)=O)cn2C(CC(C)C)OOC(C)(C)CC(OC(C)=O)OC(C)=O. The summed E-state index contributed by atoms with van der Waals surface area (Å²) in [7, 11) is 1.62. The predicted octanol–water partition coefficient (Wildman–Crippen LogP) is 4.44. The van der Waals surface area contributed by atoms with E-state index in [1.165, 1.54) is 20.8 Å². The van der Waals surface area contributed by atoms with Crippen LogP contribution in [0.2, 0.25) is 0 Å². The van der Waals surface area contributed by atoms with Crippen LogP contribution in [0.4, 0.5) is 0 Å². The molecule has 0 saturated carbocycles. The minimum atomic E-state index is -1.10. The fourth-order valence-electron chi connectivity index (χ4n) is 3.94. The zero-order chi connectivity index (χ0) is 27.8. The van der Waals surface area contributed by atoms with Crippen LogP contribution >= 0.6 is 0 Å². The average molecular weight is 521 g/mol. The van der Waals surface area contributed by atoms with Crippen molar-refractivity contribution in [3.05, 3.63) is 30.0 Å². The predicted molar refractivity (Wildman–Crippen MR) is 138 cm³/mol. The molecule has 0 bridgehead atoms. The van der Waals surface area contributed by atoms with Crippen LogP contribution in [-0.2, 0) is 40.1 Å². The zero-order valence-electron chi connectivity index (χ0n) is 23.1. The Morgan fingerprint density at radius 2 is 1.70 bits per heavy atom. The highest BCUT2D eigenvalue weighted by Gasteiger charge is 2.31. The van der Waals surface area contributed by atoms with E-state index in [0.29, 0.717) is 19.4 Å². The topological polar surface area (TPSA) is 114 Å². The highest BCUT2D eigenvalue weighted by Crippen LogP contribution is 2.33. The standard InChI is InChI=1S/C27H40N2O8/c1-17(2)13-25(36-37-27(6,7)15-26(34-19(4)31)35-20(5)32)29-16-21(11-12-28-18(3)30)23-14-22(33-8)9-10-24(23)29/h9-10,14,16-17,25-26H,11-13,15H2,1-8H3,(H,28,30). The molecule has 0 aliphatic heterocycles. The molecule has 1 aromatic heterocycles. The Kier molecular flexibility index (Phi) is 10.9. The van der Waals surface area contributed by atoms with Crippen molar-refractivity contribution in [1.82, 2.24) is 9.88 Å². The number of hydrogen-bond acceptors (Lipinski definition) is 8. The fourth-order valence-corrected chi connectivity index (χ4v) is 3.94. The number of methoxy groups -OCH3 is 1. The second-order valence-corrected chi connectivity index (χ2v) is 10.1. The second-order valence-electron chi connectivity index (χ2n) is 10.1. The second kappa shape index (κ2) is 13.4. The Morgan fingerprint density at radius 1 is 1.05 bits per heavy atom. The van der Waals surface area contributed by atoms with E-state index >= 15 is 0 Å². The third-order valence-electron chi connectivity index (χ3n) is 5.51. The molecule has 10 nitrogen and oxygen atoms in total. The van der Waals surface area contributed by atoms with E-state index in [9.17, 15) is 14.4 Å². The molecule has 0 aliphatic carbocycles. The van der Waals surface area contributed by atoms with E-state index in [0.717, 1.165) is 22.2 Å². The molecule has 206 valence electrons. The third kappa shape index (κ3) is 9.70. The molecule has 1 unspecified atom stereocenters. The van der Waals surface area contributed by atoms with Crippen molar-refractivity contribution in [1.29, 1.82) is 0 Å². The van der Waals surface area contributed by atoms with Crippen LogP contribution in [0.5, 0.6) is 5.75 Å². The lowest BCUT2D eigenvalue weighted by atomic mass is 10.1. The number of hydrogen-bond donors (Lipinski definition) is 1. The maximum atomic E-state index is 11.5. The normalized spacial score (nSPS) is 12.6. The van der Waals surface area contributed by atoms with Gasteiger partial charge in [0.15, 0.2) is 6.23 Å². The molecule has 1 amide bonds. The van der Waals surface area contributed by atoms with Crippen molar-refractivity contribution >= 4 is 28.7 Å². The van der Waals surface area contributed by atoms with Gasteiger partial charge in [0.25, 0.3) is 0 Å². The molecule has 2 aromatic rings. The van der Waals surface area contributed by atoms with Gasteiger partial charge < -0.3 is 24.1 Å². The van der Waals surface area contributed by atoms with Crippen molar-refractivity contribution in [3.63, 3.8) is 0 Å². The average Bonchev–Trinajstić information content (AvgIpc) is 3.12. The summed E-state index contributed by atoms with van der Waals surface area (Å²) in [5, 5.41) is 3.83. The van der Waals surface area contributed by atoms with Gasteiger partial charge in [-0.1, -0.05) is 13.8 Å². The van der Waals surface area contributed by atoms with Crippen LogP contribution in [0.3, 0.4) is 0 Å². The summed E-state index contributed by atoms with van der Waals surface area (Å²) in [5.41, 5.74) is 1.01. The lowest BCUT2D eigenvalue weighted by molar-refractivity contribution is -0.399. The van der Waals surface area contributed by atoms with Crippen LogP contribution in [0.1, 0.15) is 73.1 Å². The molecule has 37 heavy (non-hydrogen) atoms. The molecule has 0 radical (unpaired) electrons. The minimum absolute atomic E-state index is 0.0755. The molecule has 1 N–H and O–H groups in total. The Bertz CT molecular complexity index is 1060. The first-order valence-electron chi connectivity index (χ1n) is 12.4. The summed E-state index contributed by atoms with van der Waals surface area (Å²) >= 11 is 0. The molecule has 10 heteroatoms. The number of fused-ring (bicyclic) bond motifs is 1. The monoisotopic (exact) mass is 520 g/mol. The van der Waals surface area contributed by atoms with Gasteiger partial charge in [-0.3, -0.25) is 14.4 Å². The summed E-state index contributed by atoms with van der Waals surface area (Å²) in [6.45, 7) is 12.2. The number of nitrogens with one attached hydrogen (secondary N) is 1. The number of rotatable bonds is 14. The Morgan fingerprint density at radius 3 is 2.24 bits per heavy atom. The lowest BCUT2D eigenvalue weighted by Crippen LogP contribution is -2.35. The van der Waals surface area contributed by atoms with E-state index in [-0.39, 0.29) is 18.2 Å². The van der Waals surface area contributed by atoms with Crippen molar-refractivity contribution in [2.45, 2.75) is 85.8 Å². The summed E-state index contributed by atoms with van der Waals surface area (Å²) in [6.07, 6.45) is 1.78. The highest BCUT2D eigenvalue weighted by atomic mass is 17.2. The molecule has 0 saturated heterocycles. The number of carbonyl (C=O) groups is 3. The van der Waals surface area contributed by atoms with Crippen molar-refractivity contribution in [3.8, 4) is 5.75 Å². The molecule has 1 atom stereocenters. The highest BCUT2D eigenvalue weighted by molar-refractivity contribution is 5.85. The summed E-state index contributed by atoms with van der Waals surface area (Å²) in [4.78, 5) is 46.2. The minimum Gasteiger partial charge on any atom is -0.497 e. The number of nitrogens with zero attached hydrogens (tertiary/aromatic N) is 1. The lowest BCUT2D eigenvalue weighted by Gasteiger charge is -2.30. The van der Waals surface area contributed by atoms with Crippen molar-refractivity contribution < 1.29 is 38.4 Å². The molecular formula is C27H40N2O8. The van der Waals surface area contributed by atoms with Gasteiger partial charge in [-0.15, -0.1) is 0 Å². The van der Waals surface area contributed by atoms with E-state index in [1.54, 1.807) is 21.0 Å². The van der Waals surface area contributed by atoms with Gasteiger partial charge in [-0.05, 0) is 56.4 Å². The number of ether oxygens (including phenoxy) is 3. The van der Waals surface area contributed by atoms with Crippen molar-refractivity contribution in [2.75, 3.05) is 13.7 Å². The first-order chi connectivity index (χ1) is 17.3. The Balaban J connectivity index is 2.33. The van der Waals surface area contributed by atoms with E-state index in [2.05, 4.69) is 19.2 Å². The van der Waals surface area contributed by atoms with Crippen LogP contribution < -0.4 is 10.1 Å². The largest absolute Gasteiger partial charge is 0.497 e. The summed E-state index contributed by atoms with van der Waals surface area (Å²) in [6, 6.07) is 5.82. The molecule has 0 aliphatic rings. The fraction of sp³-hybridized carbons (Fsp3) is 0.593. The molecule has 2 rings (SSSR count). The van der Waals surface area contributed by atoms with E-state index in [4.69, 9.17) is 24.0 Å². The van der Waals surface area contributed by atoms with Gasteiger partial charge in [0.2, 0.25) is 12.2 Å². The Hall–Kier alpha value is -3.11. The van der Waals surface area contributed by atoms with Gasteiger partial charge in [0.05, 0.1) is 19.0 Å². The van der Waals surface area contributed by atoms with Gasteiger partial charge in [-0.2, -0.15) is 0 Å². The zero-order valence-corrected chi connectivity index (χ0v) is 23.1. The smallest absolute Gasteiger partial charge is 0.305 e. The summed E-state index contributed by atoms with van der Waals surface area (Å²) in [5.74, 6) is -0.209. The van der Waals surface area contributed by atoms with Gasteiger partial charge >= 0.3 is 11.9 Å². The number of benzene rings is 1. The van der Waals surface area contributed by atoms with Crippen LogP contribution in [0.25, 0.3) is 10.9 Å². The summed E-state index contributed by atoms with van der Waals surface area (Å²) < 4.78 is 17.7. The van der Waals surface area contributed by atoms with E-state index < -0.39 is 30.1 Å². The van der Waals surface area contributed by atoms with Gasteiger partial charge in [0.1, 0.15) is 11.4 Å². The maximum absolute atomic E-state index is 11.5. The Labute approximate surface area is 218 Å². The third-order valence-corrected chi connectivity index (χ3v) is 5.51. The van der Waals surface area contributed by atoms with Crippen LogP contribution in [-0.4, -0.2) is 48.0 Å². The molecule has 0 spiro atoms. The quantitative estimate of drug-likeness (QED) is 0.168. The number of esters is 2. The first kappa shape index (κ1) is 30.1. The van der Waals surface area contributed by atoms with Crippen molar-refractivity contribution in [2.24, 2.45) is 5.92 Å². The maximum Gasteiger partial charge on any atom is 0.305 e. The number of carbonyl (C=O) groups excluding carboxylic acids is 3. The molecular weight excluding hydrogens is 480 g/mol. The number of amides is 1. The molecule has 1 aromatic carbocycles. The molecule has 0 fully saturated rings. The van der Waals surface area contributed by atoms with Crippen LogP contribution in [0, 0.1) is 5.92 Å². The first-order valence-corrected chi connectivity index (χ1v) is 12.4. The molecule has 1 heterocycles. The van der Waals surface area contributed by atoms with Gasteiger partial charge in [-0.25, -0.2) is 9.78 Å². The number of aromatic nitrogens is 1. The van der Waals surface area contributed by atoms with Crippen LogP contribution in [0.15, 0.2) is 24.4 Å². The van der Waals surface area contributed by atoms with Gasteiger partial charge in [0, 0.05) is 38.9 Å². The van der Waals surface area contributed by atoms with E-state index in [1.807, 2.05) is 29.0 Å².